The van der Waals surface area contributed by atoms with E-state index in [-0.39, 0.29) is 5.69 Å². The molecule has 0 fully saturated rings. The zero-order valence-electron chi connectivity index (χ0n) is 9.18. The van der Waals surface area contributed by atoms with E-state index in [1.54, 1.807) is 18.3 Å². The van der Waals surface area contributed by atoms with Gasteiger partial charge in [0.05, 0.1) is 0 Å². The molecule has 0 amide bonds. The molecule has 0 aliphatic rings. The molecule has 2 aromatic heterocycles. The van der Waals surface area contributed by atoms with Crippen molar-refractivity contribution in [3.8, 4) is 0 Å². The lowest BCUT2D eigenvalue weighted by Crippen LogP contribution is -2.01. The average molecular weight is 234 g/mol. The van der Waals surface area contributed by atoms with Crippen LogP contribution in [0.15, 0.2) is 42.7 Å². The first-order chi connectivity index (χ1) is 8.27. The molecule has 0 radical (unpaired) electrons. The van der Waals surface area contributed by atoms with E-state index >= 15 is 0 Å². The van der Waals surface area contributed by atoms with Crippen LogP contribution in [0.3, 0.4) is 0 Å². The molecule has 0 aliphatic carbocycles. The maximum atomic E-state index is 12.7. The Kier molecular flexibility index (Phi) is 3.75. The summed E-state index contributed by atoms with van der Waals surface area (Å²) >= 11 is 0. The minimum absolute atomic E-state index is 0.122. The van der Waals surface area contributed by atoms with Gasteiger partial charge in [-0.3, -0.25) is 9.97 Å². The van der Waals surface area contributed by atoms with E-state index < -0.39 is 6.43 Å². The number of hydrogen-bond donors (Lipinski definition) is 0. The molecule has 4 heteroatoms. The SMILES string of the molecule is FC(F)c1ncccc1CCc1ccccn1. The lowest BCUT2D eigenvalue weighted by molar-refractivity contribution is 0.145. The highest BCUT2D eigenvalue weighted by atomic mass is 19.3. The smallest absolute Gasteiger partial charge is 0.261 e. The molecule has 2 aromatic rings. The lowest BCUT2D eigenvalue weighted by atomic mass is 10.1. The number of halogens is 2. The van der Waals surface area contributed by atoms with Gasteiger partial charge in [0, 0.05) is 18.1 Å². The van der Waals surface area contributed by atoms with Crippen molar-refractivity contribution < 1.29 is 8.78 Å². The molecular weight excluding hydrogens is 222 g/mol. The molecule has 2 nitrogen and oxygen atoms in total. The van der Waals surface area contributed by atoms with Crippen LogP contribution in [0.2, 0.25) is 0 Å². The van der Waals surface area contributed by atoms with Crippen LogP contribution < -0.4 is 0 Å². The van der Waals surface area contributed by atoms with Gasteiger partial charge in [-0.1, -0.05) is 12.1 Å². The maximum absolute atomic E-state index is 12.7. The Hall–Kier alpha value is -1.84. The molecule has 0 N–H and O–H groups in total. The van der Waals surface area contributed by atoms with Crippen LogP contribution in [-0.2, 0) is 12.8 Å². The van der Waals surface area contributed by atoms with E-state index in [4.69, 9.17) is 0 Å². The number of rotatable bonds is 4. The summed E-state index contributed by atoms with van der Waals surface area (Å²) in [5.74, 6) is 0. The Morgan fingerprint density at radius 2 is 1.76 bits per heavy atom. The molecule has 2 rings (SSSR count). The third kappa shape index (κ3) is 3.06. The van der Waals surface area contributed by atoms with Gasteiger partial charge in [-0.05, 0) is 36.6 Å². The molecule has 0 aliphatic heterocycles. The maximum Gasteiger partial charge on any atom is 0.280 e. The van der Waals surface area contributed by atoms with Crippen LogP contribution in [0.1, 0.15) is 23.4 Å². The monoisotopic (exact) mass is 234 g/mol. The van der Waals surface area contributed by atoms with Crippen molar-refractivity contribution in [1.29, 1.82) is 0 Å². The first-order valence-corrected chi connectivity index (χ1v) is 5.39. The van der Waals surface area contributed by atoms with Crippen molar-refractivity contribution in [1.82, 2.24) is 9.97 Å². The third-order valence-electron chi connectivity index (χ3n) is 2.51. The highest BCUT2D eigenvalue weighted by Crippen LogP contribution is 2.21. The van der Waals surface area contributed by atoms with Gasteiger partial charge in [0.2, 0.25) is 0 Å². The van der Waals surface area contributed by atoms with Crippen molar-refractivity contribution in [2.24, 2.45) is 0 Å². The summed E-state index contributed by atoms with van der Waals surface area (Å²) < 4.78 is 25.4. The van der Waals surface area contributed by atoms with Crippen LogP contribution in [0.4, 0.5) is 8.78 Å². The highest BCUT2D eigenvalue weighted by molar-refractivity contribution is 5.22. The summed E-state index contributed by atoms with van der Waals surface area (Å²) in [6, 6.07) is 8.98. The Morgan fingerprint density at radius 1 is 0.941 bits per heavy atom. The van der Waals surface area contributed by atoms with E-state index in [2.05, 4.69) is 9.97 Å². The predicted octanol–water partition coefficient (Wildman–Crippen LogP) is 3.20. The van der Waals surface area contributed by atoms with Crippen molar-refractivity contribution in [2.45, 2.75) is 19.3 Å². The molecule has 0 bridgehead atoms. The normalized spacial score (nSPS) is 10.8. The van der Waals surface area contributed by atoms with Crippen molar-refractivity contribution in [3.05, 3.63) is 59.7 Å². The van der Waals surface area contributed by atoms with Gasteiger partial charge < -0.3 is 0 Å². The van der Waals surface area contributed by atoms with Gasteiger partial charge in [-0.25, -0.2) is 8.78 Å². The molecule has 0 saturated heterocycles. The van der Waals surface area contributed by atoms with Crippen LogP contribution in [0, 0.1) is 0 Å². The van der Waals surface area contributed by atoms with E-state index in [0.717, 1.165) is 5.69 Å². The standard InChI is InChI=1S/C13H12F2N2/c14-13(15)12-10(4-3-9-17-12)6-7-11-5-1-2-8-16-11/h1-5,8-9,13H,6-7H2. The Labute approximate surface area is 98.4 Å². The molecule has 2 heterocycles. The first kappa shape index (κ1) is 11.6. The lowest BCUT2D eigenvalue weighted by Gasteiger charge is -2.06. The topological polar surface area (TPSA) is 25.8 Å². The molecule has 17 heavy (non-hydrogen) atoms. The predicted molar refractivity (Wildman–Crippen MR) is 60.8 cm³/mol. The third-order valence-corrected chi connectivity index (χ3v) is 2.51. The second-order valence-electron chi connectivity index (χ2n) is 3.67. The quantitative estimate of drug-likeness (QED) is 0.811. The van der Waals surface area contributed by atoms with Crippen molar-refractivity contribution in [2.75, 3.05) is 0 Å². The summed E-state index contributed by atoms with van der Waals surface area (Å²) in [6.45, 7) is 0. The van der Waals surface area contributed by atoms with Gasteiger partial charge in [0.15, 0.2) is 0 Å². The number of nitrogens with zero attached hydrogens (tertiary/aromatic N) is 2. The van der Waals surface area contributed by atoms with E-state index in [0.29, 0.717) is 18.4 Å². The second-order valence-corrected chi connectivity index (χ2v) is 3.67. The zero-order valence-corrected chi connectivity index (χ0v) is 9.18. The van der Waals surface area contributed by atoms with Crippen LogP contribution in [0.25, 0.3) is 0 Å². The summed E-state index contributed by atoms with van der Waals surface area (Å²) in [5, 5.41) is 0. The van der Waals surface area contributed by atoms with Crippen molar-refractivity contribution in [3.63, 3.8) is 0 Å². The molecular formula is C13H12F2N2. The Morgan fingerprint density at radius 3 is 2.47 bits per heavy atom. The summed E-state index contributed by atoms with van der Waals surface area (Å²) in [7, 11) is 0. The summed E-state index contributed by atoms with van der Waals surface area (Å²) in [4.78, 5) is 7.88. The van der Waals surface area contributed by atoms with Gasteiger partial charge in [-0.2, -0.15) is 0 Å². The van der Waals surface area contributed by atoms with Gasteiger partial charge in [-0.15, -0.1) is 0 Å². The fourth-order valence-corrected chi connectivity index (χ4v) is 1.67. The molecule has 0 unspecified atom stereocenters. The Bertz CT molecular complexity index is 472. The van der Waals surface area contributed by atoms with E-state index in [1.807, 2.05) is 18.2 Å². The number of aromatic nitrogens is 2. The summed E-state index contributed by atoms with van der Waals surface area (Å²) in [5.41, 5.74) is 1.37. The van der Waals surface area contributed by atoms with Crippen LogP contribution in [0.5, 0.6) is 0 Å². The van der Waals surface area contributed by atoms with Gasteiger partial charge in [0.25, 0.3) is 6.43 Å². The van der Waals surface area contributed by atoms with E-state index in [1.165, 1.54) is 6.20 Å². The molecule has 88 valence electrons. The zero-order chi connectivity index (χ0) is 12.1. The number of alkyl halides is 2. The average Bonchev–Trinajstić information content (AvgIpc) is 2.38. The van der Waals surface area contributed by atoms with Crippen LogP contribution >= 0.6 is 0 Å². The number of aryl methyl sites for hydroxylation is 2. The highest BCUT2D eigenvalue weighted by Gasteiger charge is 2.13. The van der Waals surface area contributed by atoms with Crippen molar-refractivity contribution >= 4 is 0 Å². The summed E-state index contributed by atoms with van der Waals surface area (Å²) in [6.07, 6.45) is 1.75. The molecule has 0 saturated carbocycles. The largest absolute Gasteiger partial charge is 0.280 e. The molecule has 0 aromatic carbocycles. The van der Waals surface area contributed by atoms with Gasteiger partial charge in [0.1, 0.15) is 5.69 Å². The Balaban J connectivity index is 2.09. The van der Waals surface area contributed by atoms with E-state index in [9.17, 15) is 8.78 Å². The minimum Gasteiger partial charge on any atom is -0.261 e. The second kappa shape index (κ2) is 5.48. The fourth-order valence-electron chi connectivity index (χ4n) is 1.67. The molecule has 0 atom stereocenters. The van der Waals surface area contributed by atoms with Gasteiger partial charge >= 0.3 is 0 Å². The molecule has 0 spiro atoms. The first-order valence-electron chi connectivity index (χ1n) is 5.39. The van der Waals surface area contributed by atoms with Crippen LogP contribution in [-0.4, -0.2) is 9.97 Å². The fraction of sp³-hybridized carbons (Fsp3) is 0.231. The number of pyridine rings is 2. The number of hydrogen-bond acceptors (Lipinski definition) is 2. The minimum atomic E-state index is -2.52.